The van der Waals surface area contributed by atoms with Crippen LogP contribution in [0, 0.1) is 6.92 Å². The number of hydrogen-bond acceptors (Lipinski definition) is 3. The van der Waals surface area contributed by atoms with Crippen LogP contribution in [0.15, 0.2) is 53.7 Å². The van der Waals surface area contributed by atoms with E-state index in [4.69, 9.17) is 0 Å². The van der Waals surface area contributed by atoms with E-state index in [1.54, 1.807) is 19.2 Å². The van der Waals surface area contributed by atoms with Gasteiger partial charge in [-0.1, -0.05) is 81.5 Å². The Morgan fingerprint density at radius 2 is 1.32 bits per heavy atom. The van der Waals surface area contributed by atoms with Crippen LogP contribution in [-0.4, -0.2) is 31.3 Å². The summed E-state index contributed by atoms with van der Waals surface area (Å²) in [5.41, 5.74) is 2.42. The zero-order valence-corrected chi connectivity index (χ0v) is 20.2. The van der Waals surface area contributed by atoms with E-state index in [9.17, 15) is 8.42 Å². The van der Waals surface area contributed by atoms with Crippen LogP contribution in [0.3, 0.4) is 0 Å². The molecule has 0 aliphatic carbocycles. The maximum absolute atomic E-state index is 12.6. The van der Waals surface area contributed by atoms with Crippen LogP contribution in [0.2, 0.25) is 0 Å². The Bertz CT molecular complexity index is 820. The average Bonchev–Trinajstić information content (AvgIpc) is 2.77. The van der Waals surface area contributed by atoms with Gasteiger partial charge in [-0.3, -0.25) is 4.98 Å². The molecule has 4 nitrogen and oxygen atoms in total. The van der Waals surface area contributed by atoms with E-state index in [2.05, 4.69) is 11.1 Å². The second-order valence-corrected chi connectivity index (χ2v) is 10.7. The first-order valence-corrected chi connectivity index (χ1v) is 13.4. The molecule has 0 saturated carbocycles. The van der Waals surface area contributed by atoms with E-state index in [0.29, 0.717) is 11.4 Å². The fraction of sp³-hybridized carbons (Fsp3) is 0.577. The summed E-state index contributed by atoms with van der Waals surface area (Å²) >= 11 is 0. The zero-order valence-electron chi connectivity index (χ0n) is 19.4. The minimum Gasteiger partial charge on any atom is -0.264 e. The van der Waals surface area contributed by atoms with Gasteiger partial charge in [0.1, 0.15) is 0 Å². The molecule has 0 atom stereocenters. The van der Waals surface area contributed by atoms with Crippen LogP contribution >= 0.6 is 0 Å². The Hall–Kier alpha value is -1.72. The lowest BCUT2D eigenvalue weighted by atomic mass is 10.0. The molecule has 0 aliphatic rings. The standard InChI is InChI=1S/C26H40N2O2S/c1-24-17-19-26(20-18-24)31(29,30)28(2)22-13-11-9-7-5-3-4-6-8-10-12-15-25-16-14-21-27-23-25/h14,16-21,23H,3-13,15,22H2,1-2H3. The van der Waals surface area contributed by atoms with E-state index in [1.807, 2.05) is 37.5 Å². The van der Waals surface area contributed by atoms with Crippen LogP contribution in [0.5, 0.6) is 0 Å². The summed E-state index contributed by atoms with van der Waals surface area (Å²) < 4.78 is 26.6. The SMILES string of the molecule is Cc1ccc(S(=O)(=O)N(C)CCCCCCCCCCCCCc2cccnc2)cc1. The lowest BCUT2D eigenvalue weighted by Crippen LogP contribution is -2.27. The highest BCUT2D eigenvalue weighted by Crippen LogP contribution is 2.17. The van der Waals surface area contributed by atoms with Gasteiger partial charge in [0, 0.05) is 26.0 Å². The molecule has 1 heterocycles. The third-order valence-electron chi connectivity index (χ3n) is 5.89. The molecule has 2 rings (SSSR count). The second kappa shape index (κ2) is 14.4. The van der Waals surface area contributed by atoms with Crippen LogP contribution in [0.25, 0.3) is 0 Å². The number of nitrogens with zero attached hydrogens (tertiary/aromatic N) is 2. The molecular weight excluding hydrogens is 404 g/mol. The Morgan fingerprint density at radius 1 is 0.774 bits per heavy atom. The van der Waals surface area contributed by atoms with E-state index < -0.39 is 10.0 Å². The summed E-state index contributed by atoms with van der Waals surface area (Å²) in [5, 5.41) is 0. The molecule has 0 saturated heterocycles. The summed E-state index contributed by atoms with van der Waals surface area (Å²) in [5.74, 6) is 0. The molecule has 0 amide bonds. The van der Waals surface area contributed by atoms with Gasteiger partial charge < -0.3 is 0 Å². The van der Waals surface area contributed by atoms with Gasteiger partial charge in [0.05, 0.1) is 4.90 Å². The predicted octanol–water partition coefficient (Wildman–Crippen LogP) is 6.54. The number of benzene rings is 1. The van der Waals surface area contributed by atoms with Crippen molar-refractivity contribution in [2.24, 2.45) is 0 Å². The number of rotatable bonds is 16. The summed E-state index contributed by atoms with van der Waals surface area (Å²) in [7, 11) is -1.67. The summed E-state index contributed by atoms with van der Waals surface area (Å²) in [6.07, 6.45) is 18.7. The maximum Gasteiger partial charge on any atom is 0.242 e. The number of sulfonamides is 1. The Kier molecular flexibility index (Phi) is 11.8. The predicted molar refractivity (Wildman–Crippen MR) is 130 cm³/mol. The monoisotopic (exact) mass is 444 g/mol. The lowest BCUT2D eigenvalue weighted by Gasteiger charge is -2.17. The minimum absolute atomic E-state index is 0.387. The number of aromatic nitrogens is 1. The van der Waals surface area contributed by atoms with Crippen LogP contribution in [0.4, 0.5) is 0 Å². The van der Waals surface area contributed by atoms with E-state index in [-0.39, 0.29) is 0 Å². The minimum atomic E-state index is -3.36. The van der Waals surface area contributed by atoms with Crippen molar-refractivity contribution in [2.75, 3.05) is 13.6 Å². The van der Waals surface area contributed by atoms with Gasteiger partial charge in [-0.05, 0) is 49.9 Å². The van der Waals surface area contributed by atoms with Gasteiger partial charge in [0.2, 0.25) is 10.0 Å². The lowest BCUT2D eigenvalue weighted by molar-refractivity contribution is 0.447. The number of aryl methyl sites for hydroxylation is 2. The molecule has 2 aromatic rings. The number of unbranched alkanes of at least 4 members (excludes halogenated alkanes) is 10. The number of hydrogen-bond donors (Lipinski definition) is 0. The maximum atomic E-state index is 12.6. The molecule has 0 radical (unpaired) electrons. The van der Waals surface area contributed by atoms with Crippen molar-refractivity contribution in [1.82, 2.24) is 9.29 Å². The second-order valence-electron chi connectivity index (χ2n) is 8.64. The van der Waals surface area contributed by atoms with Crippen molar-refractivity contribution in [2.45, 2.75) is 88.9 Å². The Morgan fingerprint density at radius 3 is 1.87 bits per heavy atom. The molecule has 172 valence electrons. The Balaban J connectivity index is 1.42. The van der Waals surface area contributed by atoms with E-state index >= 15 is 0 Å². The van der Waals surface area contributed by atoms with Crippen LogP contribution in [-0.2, 0) is 16.4 Å². The summed E-state index contributed by atoms with van der Waals surface area (Å²) in [6, 6.07) is 11.3. The fourth-order valence-electron chi connectivity index (χ4n) is 3.81. The quantitative estimate of drug-likeness (QED) is 0.276. The van der Waals surface area contributed by atoms with E-state index in [0.717, 1.165) is 24.8 Å². The first-order valence-electron chi connectivity index (χ1n) is 11.9. The van der Waals surface area contributed by atoms with Crippen molar-refractivity contribution in [1.29, 1.82) is 0 Å². The van der Waals surface area contributed by atoms with Crippen molar-refractivity contribution in [3.05, 3.63) is 59.9 Å². The van der Waals surface area contributed by atoms with E-state index in [1.165, 1.54) is 67.7 Å². The largest absolute Gasteiger partial charge is 0.264 e. The fourth-order valence-corrected chi connectivity index (χ4v) is 5.02. The first-order chi connectivity index (χ1) is 15.0. The summed E-state index contributed by atoms with van der Waals surface area (Å²) in [4.78, 5) is 4.55. The first kappa shape index (κ1) is 25.5. The van der Waals surface area contributed by atoms with Crippen LogP contribution in [0.1, 0.15) is 81.8 Å². The molecule has 0 fully saturated rings. The smallest absolute Gasteiger partial charge is 0.242 e. The molecule has 31 heavy (non-hydrogen) atoms. The summed E-state index contributed by atoms with van der Waals surface area (Å²) in [6.45, 7) is 2.56. The van der Waals surface area contributed by atoms with Crippen molar-refractivity contribution >= 4 is 10.0 Å². The molecule has 0 aliphatic heterocycles. The average molecular weight is 445 g/mol. The highest BCUT2D eigenvalue weighted by molar-refractivity contribution is 7.89. The zero-order chi connectivity index (χ0) is 22.4. The number of pyridine rings is 1. The molecule has 0 bridgehead atoms. The highest BCUT2D eigenvalue weighted by atomic mass is 32.2. The van der Waals surface area contributed by atoms with Gasteiger partial charge in [0.15, 0.2) is 0 Å². The third kappa shape index (κ3) is 9.96. The topological polar surface area (TPSA) is 50.3 Å². The van der Waals surface area contributed by atoms with Crippen molar-refractivity contribution in [3.63, 3.8) is 0 Å². The molecule has 0 N–H and O–H groups in total. The van der Waals surface area contributed by atoms with Gasteiger partial charge >= 0.3 is 0 Å². The molecule has 1 aromatic heterocycles. The third-order valence-corrected chi connectivity index (χ3v) is 7.76. The van der Waals surface area contributed by atoms with Crippen LogP contribution < -0.4 is 0 Å². The molecule has 0 spiro atoms. The van der Waals surface area contributed by atoms with Gasteiger partial charge in [-0.2, -0.15) is 0 Å². The molecule has 5 heteroatoms. The van der Waals surface area contributed by atoms with Gasteiger partial charge in [-0.15, -0.1) is 0 Å². The van der Waals surface area contributed by atoms with Crippen molar-refractivity contribution in [3.8, 4) is 0 Å². The van der Waals surface area contributed by atoms with Gasteiger partial charge in [0.25, 0.3) is 0 Å². The molecular formula is C26H40N2O2S. The molecule has 0 unspecified atom stereocenters. The highest BCUT2D eigenvalue weighted by Gasteiger charge is 2.19. The van der Waals surface area contributed by atoms with Gasteiger partial charge in [-0.25, -0.2) is 12.7 Å². The van der Waals surface area contributed by atoms with Crippen molar-refractivity contribution < 1.29 is 8.42 Å². The normalized spacial score (nSPS) is 11.8. The molecule has 1 aromatic carbocycles. The Labute approximate surface area is 190 Å².